The van der Waals surface area contributed by atoms with Crippen molar-refractivity contribution in [3.63, 3.8) is 0 Å². The Balaban J connectivity index is 2.67. The third kappa shape index (κ3) is 5.71. The highest BCUT2D eigenvalue weighted by atomic mass is 15.3. The van der Waals surface area contributed by atoms with Gasteiger partial charge in [0.25, 0.3) is 0 Å². The molecule has 1 aliphatic heterocycles. The van der Waals surface area contributed by atoms with E-state index < -0.39 is 0 Å². The summed E-state index contributed by atoms with van der Waals surface area (Å²) in [7, 11) is 2.13. The van der Waals surface area contributed by atoms with Gasteiger partial charge in [-0.2, -0.15) is 0 Å². The lowest BCUT2D eigenvalue weighted by Gasteiger charge is -2.25. The lowest BCUT2D eigenvalue weighted by atomic mass is 10.0. The minimum absolute atomic E-state index is 0.0339. The van der Waals surface area contributed by atoms with Gasteiger partial charge in [0.2, 0.25) is 0 Å². The average molecular weight is 388 g/mol. The van der Waals surface area contributed by atoms with Crippen LogP contribution in [-0.2, 0) is 0 Å². The van der Waals surface area contributed by atoms with Crippen molar-refractivity contribution in [2.24, 2.45) is 0 Å². The summed E-state index contributed by atoms with van der Waals surface area (Å²) in [5.74, 6) is 0. The molecule has 0 bridgehead atoms. The molecule has 1 atom stereocenters. The van der Waals surface area contributed by atoms with Crippen LogP contribution in [0.4, 0.5) is 0 Å². The van der Waals surface area contributed by atoms with Crippen molar-refractivity contribution < 1.29 is 0 Å². The maximum absolute atomic E-state index is 4.17. The summed E-state index contributed by atoms with van der Waals surface area (Å²) < 4.78 is 0. The van der Waals surface area contributed by atoms with E-state index in [2.05, 4.69) is 104 Å². The zero-order valence-electron chi connectivity index (χ0n) is 18.3. The second-order valence-electron chi connectivity index (χ2n) is 7.20. The van der Waals surface area contributed by atoms with Crippen LogP contribution in [0.15, 0.2) is 108 Å². The van der Waals surface area contributed by atoms with Crippen LogP contribution in [0, 0.1) is 0 Å². The summed E-state index contributed by atoms with van der Waals surface area (Å²) in [6.45, 7) is 12.3. The third-order valence-corrected chi connectivity index (χ3v) is 4.61. The molecule has 3 nitrogen and oxygen atoms in total. The van der Waals surface area contributed by atoms with Crippen LogP contribution >= 0.6 is 0 Å². The standard InChI is InChI=1S/C26H33N3/c1-7-10-13-22(12-9-3)25-24(21(11-8-2)15-14-20(4)5)28-26(29(25)6)23-16-18-27-19-17-23/h8-19,26,28H,3,7H2,1-2,4-6H3/b11-8-,13-10-,21-15+,22-12+. The number of nitrogens with one attached hydrogen (secondary N) is 1. The molecule has 0 aromatic carbocycles. The number of hydrogen-bond acceptors (Lipinski definition) is 3. The molecule has 0 amide bonds. The highest BCUT2D eigenvalue weighted by Crippen LogP contribution is 2.37. The Bertz CT molecular complexity index is 876. The molecule has 1 aromatic heterocycles. The largest absolute Gasteiger partial charge is 0.359 e. The maximum Gasteiger partial charge on any atom is 0.125 e. The molecule has 0 spiro atoms. The molecule has 0 saturated heterocycles. The van der Waals surface area contributed by atoms with E-state index in [9.17, 15) is 0 Å². The molecule has 1 N–H and O–H groups in total. The van der Waals surface area contributed by atoms with Gasteiger partial charge in [-0.05, 0) is 56.0 Å². The maximum atomic E-state index is 4.17. The second-order valence-corrected chi connectivity index (χ2v) is 7.20. The molecule has 1 aliphatic rings. The van der Waals surface area contributed by atoms with Gasteiger partial charge in [0.05, 0.1) is 11.4 Å². The van der Waals surface area contributed by atoms with Crippen LogP contribution in [0.5, 0.6) is 0 Å². The van der Waals surface area contributed by atoms with E-state index in [0.717, 1.165) is 29.0 Å². The lowest BCUT2D eigenvalue weighted by molar-refractivity contribution is 0.322. The Morgan fingerprint density at radius 3 is 2.45 bits per heavy atom. The number of likely N-dealkylation sites (N-methyl/N-ethyl adjacent to an activating group) is 1. The van der Waals surface area contributed by atoms with Gasteiger partial charge in [0.1, 0.15) is 6.17 Å². The van der Waals surface area contributed by atoms with E-state index in [1.165, 1.54) is 11.1 Å². The molecule has 2 heterocycles. The number of aromatic nitrogens is 1. The minimum atomic E-state index is 0.0339. The van der Waals surface area contributed by atoms with Crippen molar-refractivity contribution in [2.75, 3.05) is 7.05 Å². The van der Waals surface area contributed by atoms with E-state index in [0.29, 0.717) is 0 Å². The van der Waals surface area contributed by atoms with Crippen LogP contribution in [0.2, 0.25) is 0 Å². The summed E-state index contributed by atoms with van der Waals surface area (Å²) >= 11 is 0. The molecule has 0 radical (unpaired) electrons. The second kappa shape index (κ2) is 11.1. The predicted octanol–water partition coefficient (Wildman–Crippen LogP) is 6.37. The van der Waals surface area contributed by atoms with Crippen molar-refractivity contribution in [1.29, 1.82) is 0 Å². The zero-order valence-corrected chi connectivity index (χ0v) is 18.3. The first-order valence-electron chi connectivity index (χ1n) is 10.1. The fraction of sp³-hybridized carbons (Fsp3) is 0.269. The van der Waals surface area contributed by atoms with E-state index in [4.69, 9.17) is 0 Å². The zero-order chi connectivity index (χ0) is 21.2. The van der Waals surface area contributed by atoms with Crippen molar-refractivity contribution in [2.45, 2.75) is 40.3 Å². The Morgan fingerprint density at radius 2 is 1.86 bits per heavy atom. The SMILES string of the molecule is C=C/C=C(\C=C/CC)C1=C(C(/C=C\C)=C/C=C(C)C)NC(c2ccncc2)N1C. The Kier molecular flexibility index (Phi) is 8.47. The van der Waals surface area contributed by atoms with Gasteiger partial charge in [-0.3, -0.25) is 4.98 Å². The van der Waals surface area contributed by atoms with Gasteiger partial charge in [-0.1, -0.05) is 67.7 Å². The number of hydrogen-bond donors (Lipinski definition) is 1. The van der Waals surface area contributed by atoms with Crippen LogP contribution in [0.1, 0.15) is 45.8 Å². The quantitative estimate of drug-likeness (QED) is 0.525. The smallest absolute Gasteiger partial charge is 0.125 e. The lowest BCUT2D eigenvalue weighted by Crippen LogP contribution is -2.26. The van der Waals surface area contributed by atoms with Crippen molar-refractivity contribution in [3.8, 4) is 0 Å². The Morgan fingerprint density at radius 1 is 1.14 bits per heavy atom. The van der Waals surface area contributed by atoms with Crippen LogP contribution in [0.3, 0.4) is 0 Å². The Hall–Kier alpha value is -3.07. The minimum Gasteiger partial charge on any atom is -0.359 e. The summed E-state index contributed by atoms with van der Waals surface area (Å²) in [4.78, 5) is 6.46. The van der Waals surface area contributed by atoms with E-state index in [1.54, 1.807) is 0 Å². The van der Waals surface area contributed by atoms with Crippen molar-refractivity contribution in [3.05, 3.63) is 113 Å². The fourth-order valence-corrected chi connectivity index (χ4v) is 3.27. The first kappa shape index (κ1) is 22.2. The molecule has 1 unspecified atom stereocenters. The van der Waals surface area contributed by atoms with Crippen LogP contribution in [0.25, 0.3) is 0 Å². The van der Waals surface area contributed by atoms with Crippen molar-refractivity contribution >= 4 is 0 Å². The molecule has 2 rings (SSSR count). The topological polar surface area (TPSA) is 28.2 Å². The molecule has 1 aromatic rings. The highest BCUT2D eigenvalue weighted by molar-refractivity contribution is 5.55. The molecular weight excluding hydrogens is 354 g/mol. The summed E-state index contributed by atoms with van der Waals surface area (Å²) in [5, 5.41) is 3.75. The molecule has 29 heavy (non-hydrogen) atoms. The number of nitrogens with zero attached hydrogens (tertiary/aromatic N) is 2. The molecule has 0 fully saturated rings. The van der Waals surface area contributed by atoms with Gasteiger partial charge in [0, 0.05) is 19.4 Å². The van der Waals surface area contributed by atoms with Gasteiger partial charge in [-0.25, -0.2) is 0 Å². The van der Waals surface area contributed by atoms with Crippen molar-refractivity contribution in [1.82, 2.24) is 15.2 Å². The van der Waals surface area contributed by atoms with E-state index >= 15 is 0 Å². The van der Waals surface area contributed by atoms with Gasteiger partial charge in [0.15, 0.2) is 0 Å². The van der Waals surface area contributed by atoms with Crippen LogP contribution in [-0.4, -0.2) is 16.9 Å². The first-order valence-corrected chi connectivity index (χ1v) is 10.1. The fourth-order valence-electron chi connectivity index (χ4n) is 3.27. The van der Waals surface area contributed by atoms with E-state index in [1.807, 2.05) is 25.4 Å². The van der Waals surface area contributed by atoms with Gasteiger partial charge >= 0.3 is 0 Å². The predicted molar refractivity (Wildman–Crippen MR) is 125 cm³/mol. The monoisotopic (exact) mass is 387 g/mol. The normalized spacial score (nSPS) is 18.0. The van der Waals surface area contributed by atoms with Gasteiger partial charge in [-0.15, -0.1) is 0 Å². The highest BCUT2D eigenvalue weighted by Gasteiger charge is 2.31. The number of allylic oxidation sites excluding steroid dienone is 9. The summed E-state index contributed by atoms with van der Waals surface area (Å²) in [6.07, 6.45) is 21.5. The first-order chi connectivity index (χ1) is 14.0. The third-order valence-electron chi connectivity index (χ3n) is 4.61. The molecule has 0 aliphatic carbocycles. The molecular formula is C26H33N3. The Labute approximate surface area is 176 Å². The molecule has 3 heteroatoms. The molecule has 0 saturated carbocycles. The molecule has 152 valence electrons. The average Bonchev–Trinajstić information content (AvgIpc) is 3.06. The number of rotatable bonds is 8. The summed E-state index contributed by atoms with van der Waals surface area (Å²) in [5.41, 5.74) is 6.98. The summed E-state index contributed by atoms with van der Waals surface area (Å²) in [6, 6.07) is 4.12. The van der Waals surface area contributed by atoms with Gasteiger partial charge < -0.3 is 10.2 Å². The van der Waals surface area contributed by atoms with E-state index in [-0.39, 0.29) is 6.17 Å². The number of pyridine rings is 1. The van der Waals surface area contributed by atoms with Crippen LogP contribution < -0.4 is 5.32 Å².